The maximum atomic E-state index is 5.91. The van der Waals surface area contributed by atoms with E-state index in [4.69, 9.17) is 4.74 Å². The summed E-state index contributed by atoms with van der Waals surface area (Å²) in [5.41, 5.74) is 1.11. The molecule has 0 amide bonds. The van der Waals surface area contributed by atoms with Crippen LogP contribution in [0.2, 0.25) is 0 Å². The van der Waals surface area contributed by atoms with E-state index in [-0.39, 0.29) is 0 Å². The third-order valence-electron chi connectivity index (χ3n) is 5.91. The van der Waals surface area contributed by atoms with E-state index >= 15 is 0 Å². The Hall–Kier alpha value is -0.0800. The molecule has 0 aromatic carbocycles. The van der Waals surface area contributed by atoms with Gasteiger partial charge in [-0.2, -0.15) is 0 Å². The summed E-state index contributed by atoms with van der Waals surface area (Å²) in [4.78, 5) is 2.82. The van der Waals surface area contributed by atoms with E-state index in [1.807, 2.05) is 0 Å². The number of fused-ring (bicyclic) bond motifs is 3. The molecule has 4 aliphatic rings. The average molecular weight is 265 g/mol. The second-order valence-electron chi connectivity index (χ2n) is 8.41. The first kappa shape index (κ1) is 13.9. The predicted molar refractivity (Wildman–Crippen MR) is 79.2 cm³/mol. The van der Waals surface area contributed by atoms with Gasteiger partial charge in [0, 0.05) is 24.5 Å². The first-order chi connectivity index (χ1) is 8.90. The molecule has 2 heteroatoms. The van der Waals surface area contributed by atoms with E-state index in [0.717, 1.165) is 18.6 Å². The fourth-order valence-electron chi connectivity index (χ4n) is 4.24. The molecule has 0 N–H and O–H groups in total. The van der Waals surface area contributed by atoms with Crippen LogP contribution >= 0.6 is 0 Å². The number of hydrogen-bond acceptors (Lipinski definition) is 2. The van der Waals surface area contributed by atoms with Crippen molar-refractivity contribution in [1.29, 1.82) is 0 Å². The zero-order valence-corrected chi connectivity index (χ0v) is 13.2. The van der Waals surface area contributed by atoms with Crippen LogP contribution in [0.4, 0.5) is 0 Å². The van der Waals surface area contributed by atoms with Crippen molar-refractivity contribution in [3.05, 3.63) is 0 Å². The van der Waals surface area contributed by atoms with E-state index in [2.05, 4.69) is 32.6 Å². The molecule has 2 bridgehead atoms. The Morgan fingerprint density at radius 3 is 2.42 bits per heavy atom. The van der Waals surface area contributed by atoms with Gasteiger partial charge in [0.15, 0.2) is 0 Å². The minimum absolute atomic E-state index is 0.384. The van der Waals surface area contributed by atoms with Gasteiger partial charge in [0.25, 0.3) is 0 Å². The van der Waals surface area contributed by atoms with Gasteiger partial charge in [0.2, 0.25) is 0 Å². The van der Waals surface area contributed by atoms with Crippen LogP contribution in [-0.4, -0.2) is 36.7 Å². The summed E-state index contributed by atoms with van der Waals surface area (Å²) in [5.74, 6) is 0.930. The topological polar surface area (TPSA) is 12.5 Å². The van der Waals surface area contributed by atoms with E-state index in [1.54, 1.807) is 0 Å². The number of hydrogen-bond donors (Lipinski definition) is 0. The molecule has 0 radical (unpaired) electrons. The molecule has 2 aliphatic carbocycles. The molecule has 2 heterocycles. The summed E-state index contributed by atoms with van der Waals surface area (Å²) in [7, 11) is 0. The minimum Gasteiger partial charge on any atom is -0.378 e. The first-order valence-corrected chi connectivity index (χ1v) is 8.26. The van der Waals surface area contributed by atoms with Crippen molar-refractivity contribution in [3.63, 3.8) is 0 Å². The van der Waals surface area contributed by atoms with Crippen molar-refractivity contribution in [2.24, 2.45) is 16.7 Å². The average Bonchev–Trinajstić information content (AvgIpc) is 3.08. The molecule has 4 rings (SSSR count). The van der Waals surface area contributed by atoms with Gasteiger partial charge >= 0.3 is 0 Å². The highest BCUT2D eigenvalue weighted by molar-refractivity contribution is 5.02. The van der Waals surface area contributed by atoms with E-state index in [1.165, 1.54) is 45.2 Å². The molecule has 19 heavy (non-hydrogen) atoms. The fraction of sp³-hybridized carbons (Fsp3) is 1.00. The van der Waals surface area contributed by atoms with Crippen molar-refractivity contribution < 1.29 is 4.74 Å². The van der Waals surface area contributed by atoms with Crippen molar-refractivity contribution >= 4 is 0 Å². The SMILES string of the molecule is CC(C)OCC1(CN2CC3CCC2CC3(C)C)CC1. The largest absolute Gasteiger partial charge is 0.378 e. The Bertz CT molecular complexity index is 332. The van der Waals surface area contributed by atoms with Gasteiger partial charge in [-0.25, -0.2) is 0 Å². The standard InChI is InChI=1S/C17H31NO/c1-13(2)19-12-17(7-8-17)11-18-10-14-5-6-15(18)9-16(14,3)4/h13-15H,5-12H2,1-4H3. The molecule has 2 nitrogen and oxygen atoms in total. The molecule has 0 spiro atoms. The quantitative estimate of drug-likeness (QED) is 0.751. The zero-order chi connectivity index (χ0) is 13.7. The van der Waals surface area contributed by atoms with E-state index in [0.29, 0.717) is 16.9 Å². The van der Waals surface area contributed by atoms with Gasteiger partial charge in [0.05, 0.1) is 12.7 Å². The number of rotatable bonds is 5. The van der Waals surface area contributed by atoms with Gasteiger partial charge in [-0.05, 0) is 57.3 Å². The van der Waals surface area contributed by atoms with Crippen molar-refractivity contribution in [2.45, 2.75) is 71.9 Å². The molecular formula is C17H31NO. The molecule has 4 fully saturated rings. The highest BCUT2D eigenvalue weighted by Crippen LogP contribution is 2.52. The zero-order valence-electron chi connectivity index (χ0n) is 13.2. The summed E-state index contributed by atoms with van der Waals surface area (Å²) in [6, 6.07) is 0.858. The van der Waals surface area contributed by atoms with Gasteiger partial charge in [-0.3, -0.25) is 4.90 Å². The molecule has 2 saturated heterocycles. The van der Waals surface area contributed by atoms with Gasteiger partial charge in [0.1, 0.15) is 0 Å². The lowest BCUT2D eigenvalue weighted by Gasteiger charge is -2.54. The maximum absolute atomic E-state index is 5.91. The third kappa shape index (κ3) is 2.85. The van der Waals surface area contributed by atoms with Crippen LogP contribution in [0.15, 0.2) is 0 Å². The summed E-state index contributed by atoms with van der Waals surface area (Å²) in [5, 5.41) is 0. The third-order valence-corrected chi connectivity index (χ3v) is 5.91. The van der Waals surface area contributed by atoms with Crippen molar-refractivity contribution in [3.8, 4) is 0 Å². The minimum atomic E-state index is 0.384. The smallest absolute Gasteiger partial charge is 0.0538 e. The van der Waals surface area contributed by atoms with Gasteiger partial charge in [-0.15, -0.1) is 0 Å². The lowest BCUT2D eigenvalue weighted by Crippen LogP contribution is -2.56. The number of ether oxygens (including phenoxy) is 1. The molecule has 2 atom stereocenters. The second kappa shape index (κ2) is 4.73. The van der Waals surface area contributed by atoms with Gasteiger partial charge in [-0.1, -0.05) is 13.8 Å². The number of piperidine rings is 2. The lowest BCUT2D eigenvalue weighted by atomic mass is 9.63. The molecule has 2 aliphatic heterocycles. The van der Waals surface area contributed by atoms with Crippen LogP contribution in [-0.2, 0) is 4.74 Å². The Morgan fingerprint density at radius 1 is 1.21 bits per heavy atom. The normalized spacial score (nSPS) is 35.8. The Kier molecular flexibility index (Phi) is 3.46. The fourth-order valence-corrected chi connectivity index (χ4v) is 4.24. The van der Waals surface area contributed by atoms with Crippen LogP contribution in [0.5, 0.6) is 0 Å². The molecular weight excluding hydrogens is 234 g/mol. The first-order valence-electron chi connectivity index (χ1n) is 8.26. The molecule has 0 aromatic heterocycles. The Balaban J connectivity index is 1.57. The van der Waals surface area contributed by atoms with Gasteiger partial charge < -0.3 is 4.74 Å². The van der Waals surface area contributed by atoms with Crippen LogP contribution in [0.1, 0.15) is 59.8 Å². The van der Waals surface area contributed by atoms with Crippen LogP contribution in [0.3, 0.4) is 0 Å². The summed E-state index contributed by atoms with van der Waals surface area (Å²) in [6.45, 7) is 12.9. The summed E-state index contributed by atoms with van der Waals surface area (Å²) < 4.78 is 5.91. The highest BCUT2D eigenvalue weighted by atomic mass is 16.5. The molecule has 110 valence electrons. The highest BCUT2D eigenvalue weighted by Gasteiger charge is 2.50. The summed E-state index contributed by atoms with van der Waals surface area (Å²) >= 11 is 0. The molecule has 2 saturated carbocycles. The Labute approximate surface area is 118 Å². The molecule has 2 unspecified atom stereocenters. The second-order valence-corrected chi connectivity index (χ2v) is 8.41. The maximum Gasteiger partial charge on any atom is 0.0538 e. The monoisotopic (exact) mass is 265 g/mol. The van der Waals surface area contributed by atoms with Crippen LogP contribution in [0, 0.1) is 16.7 Å². The summed E-state index contributed by atoms with van der Waals surface area (Å²) in [6.07, 6.45) is 7.47. The van der Waals surface area contributed by atoms with E-state index in [9.17, 15) is 0 Å². The molecule has 0 aromatic rings. The van der Waals surface area contributed by atoms with Crippen LogP contribution < -0.4 is 0 Å². The number of nitrogens with zero attached hydrogens (tertiary/aromatic N) is 1. The van der Waals surface area contributed by atoms with Crippen molar-refractivity contribution in [1.82, 2.24) is 4.90 Å². The van der Waals surface area contributed by atoms with Crippen molar-refractivity contribution in [2.75, 3.05) is 19.7 Å². The van der Waals surface area contributed by atoms with E-state index < -0.39 is 0 Å². The van der Waals surface area contributed by atoms with Crippen LogP contribution in [0.25, 0.3) is 0 Å². The Morgan fingerprint density at radius 2 is 1.95 bits per heavy atom. The lowest BCUT2D eigenvalue weighted by molar-refractivity contribution is -0.0576. The predicted octanol–water partition coefficient (Wildman–Crippen LogP) is 3.70.